The Morgan fingerprint density at radius 1 is 1.09 bits per heavy atom. The highest BCUT2D eigenvalue weighted by Gasteiger charge is 2.14. The molecule has 0 unspecified atom stereocenters. The number of fused-ring (bicyclic) bond motifs is 1. The summed E-state index contributed by atoms with van der Waals surface area (Å²) in [6.45, 7) is 4.10. The molecule has 0 radical (unpaired) electrons. The van der Waals surface area contributed by atoms with Crippen LogP contribution in [-0.2, 0) is 0 Å². The van der Waals surface area contributed by atoms with Crippen LogP contribution in [0.15, 0.2) is 42.7 Å². The normalized spacial score (nSPS) is 10.9. The fourth-order valence-electron chi connectivity index (χ4n) is 2.48. The van der Waals surface area contributed by atoms with Crippen molar-refractivity contribution in [2.75, 3.05) is 19.0 Å². The Balaban J connectivity index is 2.09. The third-order valence-electron chi connectivity index (χ3n) is 3.99. The van der Waals surface area contributed by atoms with E-state index in [0.29, 0.717) is 5.56 Å². The number of anilines is 1. The Morgan fingerprint density at radius 3 is 2.55 bits per heavy atom. The van der Waals surface area contributed by atoms with Gasteiger partial charge in [0.2, 0.25) is 0 Å². The average Bonchev–Trinajstić information content (AvgIpc) is 2.90. The van der Waals surface area contributed by atoms with Gasteiger partial charge >= 0.3 is 0 Å². The van der Waals surface area contributed by atoms with Crippen LogP contribution in [0.4, 0.5) is 5.69 Å². The van der Waals surface area contributed by atoms with E-state index in [9.17, 15) is 4.79 Å². The molecule has 0 aliphatic rings. The maximum atomic E-state index is 12.8. The van der Waals surface area contributed by atoms with Gasteiger partial charge in [0, 0.05) is 25.3 Å². The molecule has 4 nitrogen and oxygen atoms in total. The molecule has 0 atom stereocenters. The van der Waals surface area contributed by atoms with Crippen molar-refractivity contribution in [2.24, 2.45) is 0 Å². The molecule has 3 aromatic rings. The van der Waals surface area contributed by atoms with E-state index in [1.54, 1.807) is 10.9 Å². The standard InChI is InChI=1S/C18H19N3O/c1-12-8-16-17(9-13(12)2)21(11-19-16)18(22)14-6-5-7-15(10-14)20(3)4/h5-11H,1-4H3. The van der Waals surface area contributed by atoms with Gasteiger partial charge in [-0.1, -0.05) is 6.07 Å². The first-order chi connectivity index (χ1) is 10.5. The number of aryl methyl sites for hydroxylation is 2. The minimum absolute atomic E-state index is 0.0607. The Morgan fingerprint density at radius 2 is 1.82 bits per heavy atom. The third-order valence-corrected chi connectivity index (χ3v) is 3.99. The van der Waals surface area contributed by atoms with Crippen LogP contribution < -0.4 is 4.90 Å². The molecule has 1 aromatic heterocycles. The van der Waals surface area contributed by atoms with Gasteiger partial charge in [-0.15, -0.1) is 0 Å². The third kappa shape index (κ3) is 2.37. The Hall–Kier alpha value is -2.62. The largest absolute Gasteiger partial charge is 0.378 e. The molecule has 4 heteroatoms. The zero-order valence-corrected chi connectivity index (χ0v) is 13.3. The molecule has 1 heterocycles. The van der Waals surface area contributed by atoms with Crippen LogP contribution in [0, 0.1) is 13.8 Å². The summed E-state index contributed by atoms with van der Waals surface area (Å²) in [5.74, 6) is -0.0607. The van der Waals surface area contributed by atoms with Crippen LogP contribution in [-0.4, -0.2) is 29.6 Å². The molecule has 0 N–H and O–H groups in total. The predicted octanol–water partition coefficient (Wildman–Crippen LogP) is 3.41. The highest BCUT2D eigenvalue weighted by molar-refractivity contribution is 6.01. The molecule has 3 rings (SSSR count). The SMILES string of the molecule is Cc1cc2ncn(C(=O)c3cccc(N(C)C)c3)c2cc1C. The quantitative estimate of drug-likeness (QED) is 0.726. The zero-order valence-electron chi connectivity index (χ0n) is 13.3. The molecular weight excluding hydrogens is 274 g/mol. The molecule has 0 fully saturated rings. The maximum absolute atomic E-state index is 12.8. The topological polar surface area (TPSA) is 38.1 Å². The van der Waals surface area contributed by atoms with Gasteiger partial charge in [-0.3, -0.25) is 9.36 Å². The molecule has 0 bridgehead atoms. The van der Waals surface area contributed by atoms with E-state index in [-0.39, 0.29) is 5.91 Å². The molecule has 0 saturated heterocycles. The number of benzene rings is 2. The monoisotopic (exact) mass is 293 g/mol. The minimum Gasteiger partial charge on any atom is -0.378 e. The molecular formula is C18H19N3O. The first-order valence-corrected chi connectivity index (χ1v) is 7.24. The van der Waals surface area contributed by atoms with Crippen molar-refractivity contribution in [3.8, 4) is 0 Å². The van der Waals surface area contributed by atoms with Gasteiger partial charge in [-0.2, -0.15) is 0 Å². The minimum atomic E-state index is -0.0607. The second-order valence-electron chi connectivity index (χ2n) is 5.79. The van der Waals surface area contributed by atoms with Crippen molar-refractivity contribution in [2.45, 2.75) is 13.8 Å². The van der Waals surface area contributed by atoms with Crippen LogP contribution in [0.2, 0.25) is 0 Å². The second kappa shape index (κ2) is 5.30. The number of nitrogens with zero attached hydrogens (tertiary/aromatic N) is 3. The summed E-state index contributed by atoms with van der Waals surface area (Å²) < 4.78 is 1.62. The number of aromatic nitrogens is 2. The van der Waals surface area contributed by atoms with Crippen LogP contribution in [0.1, 0.15) is 21.5 Å². The Bertz CT molecular complexity index is 862. The molecule has 0 spiro atoms. The molecule has 0 aliphatic carbocycles. The first-order valence-electron chi connectivity index (χ1n) is 7.24. The zero-order chi connectivity index (χ0) is 15.9. The van der Waals surface area contributed by atoms with E-state index in [0.717, 1.165) is 22.3 Å². The lowest BCUT2D eigenvalue weighted by Crippen LogP contribution is -2.13. The molecule has 0 amide bonds. The smallest absolute Gasteiger partial charge is 0.263 e. The van der Waals surface area contributed by atoms with E-state index in [1.165, 1.54) is 5.56 Å². The number of hydrogen-bond donors (Lipinski definition) is 0. The number of imidazole rings is 1. The van der Waals surface area contributed by atoms with Crippen molar-refractivity contribution in [3.63, 3.8) is 0 Å². The fourth-order valence-corrected chi connectivity index (χ4v) is 2.48. The van der Waals surface area contributed by atoms with Gasteiger partial charge < -0.3 is 4.90 Å². The Kier molecular flexibility index (Phi) is 3.45. The maximum Gasteiger partial charge on any atom is 0.263 e. The lowest BCUT2D eigenvalue weighted by molar-refractivity contribution is 0.0964. The Labute approximate surface area is 130 Å². The van der Waals surface area contributed by atoms with Crippen molar-refractivity contribution >= 4 is 22.6 Å². The molecule has 2 aromatic carbocycles. The van der Waals surface area contributed by atoms with Gasteiger partial charge in [-0.05, 0) is 55.3 Å². The summed E-state index contributed by atoms with van der Waals surface area (Å²) in [5, 5.41) is 0. The lowest BCUT2D eigenvalue weighted by Gasteiger charge is -2.13. The average molecular weight is 293 g/mol. The number of carbonyl (C=O) groups is 1. The summed E-state index contributed by atoms with van der Waals surface area (Å²) in [6, 6.07) is 11.7. The number of carbonyl (C=O) groups excluding carboxylic acids is 1. The summed E-state index contributed by atoms with van der Waals surface area (Å²) in [7, 11) is 3.92. The van der Waals surface area contributed by atoms with Crippen molar-refractivity contribution in [3.05, 3.63) is 59.4 Å². The van der Waals surface area contributed by atoms with E-state index in [1.807, 2.05) is 62.3 Å². The number of hydrogen-bond acceptors (Lipinski definition) is 3. The van der Waals surface area contributed by atoms with Crippen molar-refractivity contribution < 1.29 is 4.79 Å². The van der Waals surface area contributed by atoms with E-state index >= 15 is 0 Å². The summed E-state index contributed by atoms with van der Waals surface area (Å²) in [6.07, 6.45) is 1.61. The van der Waals surface area contributed by atoms with Crippen LogP contribution in [0.3, 0.4) is 0 Å². The molecule has 22 heavy (non-hydrogen) atoms. The molecule has 112 valence electrons. The summed E-state index contributed by atoms with van der Waals surface area (Å²) in [5.41, 5.74) is 5.69. The van der Waals surface area contributed by atoms with E-state index in [2.05, 4.69) is 11.9 Å². The van der Waals surface area contributed by atoms with Crippen LogP contribution >= 0.6 is 0 Å². The highest BCUT2D eigenvalue weighted by atomic mass is 16.2. The van der Waals surface area contributed by atoms with Gasteiger partial charge in [0.25, 0.3) is 5.91 Å². The van der Waals surface area contributed by atoms with Gasteiger partial charge in [0.05, 0.1) is 11.0 Å². The molecule has 0 aliphatic heterocycles. The molecule has 0 saturated carbocycles. The van der Waals surface area contributed by atoms with Crippen molar-refractivity contribution in [1.82, 2.24) is 9.55 Å². The fraction of sp³-hybridized carbons (Fsp3) is 0.222. The van der Waals surface area contributed by atoms with Gasteiger partial charge in [0.15, 0.2) is 0 Å². The predicted molar refractivity (Wildman–Crippen MR) is 89.7 cm³/mol. The van der Waals surface area contributed by atoms with E-state index < -0.39 is 0 Å². The number of rotatable bonds is 2. The lowest BCUT2D eigenvalue weighted by atomic mass is 10.1. The van der Waals surface area contributed by atoms with E-state index in [4.69, 9.17) is 0 Å². The highest BCUT2D eigenvalue weighted by Crippen LogP contribution is 2.21. The van der Waals surface area contributed by atoms with Crippen LogP contribution in [0.25, 0.3) is 11.0 Å². The van der Waals surface area contributed by atoms with Crippen molar-refractivity contribution in [1.29, 1.82) is 0 Å². The van der Waals surface area contributed by atoms with Crippen LogP contribution in [0.5, 0.6) is 0 Å². The second-order valence-corrected chi connectivity index (χ2v) is 5.79. The summed E-state index contributed by atoms with van der Waals surface area (Å²) in [4.78, 5) is 19.1. The summed E-state index contributed by atoms with van der Waals surface area (Å²) >= 11 is 0. The first kappa shape index (κ1) is 14.3. The van der Waals surface area contributed by atoms with Gasteiger partial charge in [0.1, 0.15) is 6.33 Å². The van der Waals surface area contributed by atoms with Gasteiger partial charge in [-0.25, -0.2) is 4.98 Å².